The van der Waals surface area contributed by atoms with Gasteiger partial charge in [0.2, 0.25) is 0 Å². The lowest BCUT2D eigenvalue weighted by molar-refractivity contribution is 0.263. The maximum atomic E-state index is 10.9. The van der Waals surface area contributed by atoms with Crippen LogP contribution in [-0.4, -0.2) is 41.2 Å². The summed E-state index contributed by atoms with van der Waals surface area (Å²) in [7, 11) is -3.93. The first-order valence-corrected chi connectivity index (χ1v) is 9.67. The molecule has 0 amide bonds. The Kier molecular flexibility index (Phi) is 5.15. The van der Waals surface area contributed by atoms with Crippen LogP contribution < -0.4 is 5.14 Å². The molecule has 0 saturated heterocycles. The molecular formula is C9H24N2O3SSi. The van der Waals surface area contributed by atoms with Crippen LogP contribution in [0.15, 0.2) is 0 Å². The van der Waals surface area contributed by atoms with Crippen LogP contribution in [0.3, 0.4) is 0 Å². The second kappa shape index (κ2) is 5.13. The van der Waals surface area contributed by atoms with Gasteiger partial charge in [-0.3, -0.25) is 0 Å². The SMILES string of the molecule is CN(CCO[Si](C)(C)C(C)(C)C)S(N)(=O)=O. The Labute approximate surface area is 100 Å². The Morgan fingerprint density at radius 3 is 2.06 bits per heavy atom. The third-order valence-electron chi connectivity index (χ3n) is 3.11. The van der Waals surface area contributed by atoms with Crippen molar-refractivity contribution in [1.29, 1.82) is 0 Å². The van der Waals surface area contributed by atoms with Gasteiger partial charge >= 0.3 is 0 Å². The molecule has 0 saturated carbocycles. The fourth-order valence-corrected chi connectivity index (χ4v) is 2.14. The fourth-order valence-electron chi connectivity index (χ4n) is 0.773. The molecule has 0 atom stereocenters. The molecule has 98 valence electrons. The fraction of sp³-hybridized carbons (Fsp3) is 1.00. The first-order chi connectivity index (χ1) is 6.88. The summed E-state index contributed by atoms with van der Waals surface area (Å²) in [5.41, 5.74) is 0. The van der Waals surface area contributed by atoms with E-state index in [1.54, 1.807) is 0 Å². The summed E-state index contributed by atoms with van der Waals surface area (Å²) in [5.74, 6) is 0. The van der Waals surface area contributed by atoms with Gasteiger partial charge in [0.1, 0.15) is 0 Å². The van der Waals surface area contributed by atoms with E-state index in [0.717, 1.165) is 4.31 Å². The van der Waals surface area contributed by atoms with E-state index in [1.807, 2.05) is 0 Å². The van der Waals surface area contributed by atoms with E-state index in [4.69, 9.17) is 9.56 Å². The summed E-state index contributed by atoms with van der Waals surface area (Å²) in [5, 5.41) is 5.10. The molecule has 16 heavy (non-hydrogen) atoms. The summed E-state index contributed by atoms with van der Waals surface area (Å²) >= 11 is 0. The summed E-state index contributed by atoms with van der Waals surface area (Å²) in [6.45, 7) is 11.4. The lowest BCUT2D eigenvalue weighted by Crippen LogP contribution is -2.43. The Hall–Kier alpha value is 0.0469. The smallest absolute Gasteiger partial charge is 0.276 e. The normalized spacial score (nSPS) is 14.5. The van der Waals surface area contributed by atoms with Crippen molar-refractivity contribution in [1.82, 2.24) is 4.31 Å². The Morgan fingerprint density at radius 2 is 1.75 bits per heavy atom. The van der Waals surface area contributed by atoms with Crippen LogP contribution in [0.5, 0.6) is 0 Å². The monoisotopic (exact) mass is 268 g/mol. The maximum Gasteiger partial charge on any atom is 0.276 e. The largest absolute Gasteiger partial charge is 0.415 e. The second-order valence-corrected chi connectivity index (χ2v) is 11.9. The van der Waals surface area contributed by atoms with Crippen molar-refractivity contribution in [2.45, 2.75) is 38.9 Å². The van der Waals surface area contributed by atoms with E-state index in [1.165, 1.54) is 7.05 Å². The lowest BCUT2D eigenvalue weighted by atomic mass is 10.2. The molecule has 7 heteroatoms. The molecule has 0 aromatic carbocycles. The average molecular weight is 268 g/mol. The summed E-state index contributed by atoms with van der Waals surface area (Å²) < 4.78 is 28.8. The van der Waals surface area contributed by atoms with Gasteiger partial charge in [0.25, 0.3) is 10.2 Å². The van der Waals surface area contributed by atoms with Gasteiger partial charge in [-0.1, -0.05) is 20.8 Å². The number of likely N-dealkylation sites (N-methyl/N-ethyl adjacent to an activating group) is 1. The maximum absolute atomic E-state index is 10.9. The molecule has 0 aliphatic rings. The predicted molar refractivity (Wildman–Crippen MR) is 68.9 cm³/mol. The Bertz CT molecular complexity index is 322. The second-order valence-electron chi connectivity index (χ2n) is 5.48. The van der Waals surface area contributed by atoms with Gasteiger partial charge in [0.15, 0.2) is 8.32 Å². The van der Waals surface area contributed by atoms with Crippen molar-refractivity contribution < 1.29 is 12.8 Å². The summed E-state index contributed by atoms with van der Waals surface area (Å²) in [6.07, 6.45) is 0. The molecule has 0 unspecified atom stereocenters. The van der Waals surface area contributed by atoms with Crippen LogP contribution in [0.25, 0.3) is 0 Å². The van der Waals surface area contributed by atoms with Crippen molar-refractivity contribution in [3.05, 3.63) is 0 Å². The van der Waals surface area contributed by atoms with Gasteiger partial charge in [-0.05, 0) is 18.1 Å². The van der Waals surface area contributed by atoms with Crippen molar-refractivity contribution in [2.24, 2.45) is 5.14 Å². The van der Waals surface area contributed by atoms with Crippen LogP contribution >= 0.6 is 0 Å². The quantitative estimate of drug-likeness (QED) is 0.760. The van der Waals surface area contributed by atoms with E-state index in [-0.39, 0.29) is 5.04 Å². The van der Waals surface area contributed by atoms with Gasteiger partial charge in [-0.25, -0.2) is 5.14 Å². The Balaban J connectivity index is 4.20. The first-order valence-electron chi connectivity index (χ1n) is 5.26. The number of nitrogens with zero attached hydrogens (tertiary/aromatic N) is 1. The van der Waals surface area contributed by atoms with Gasteiger partial charge in [-0.15, -0.1) is 0 Å². The first kappa shape index (κ1) is 16.0. The molecule has 0 aliphatic carbocycles. The highest BCUT2D eigenvalue weighted by Gasteiger charge is 2.37. The number of hydrogen-bond acceptors (Lipinski definition) is 3. The average Bonchev–Trinajstić information content (AvgIpc) is 1.99. The zero-order valence-electron chi connectivity index (χ0n) is 11.1. The molecule has 0 heterocycles. The summed E-state index contributed by atoms with van der Waals surface area (Å²) in [6, 6.07) is 0. The van der Waals surface area contributed by atoms with E-state index < -0.39 is 18.5 Å². The van der Waals surface area contributed by atoms with Gasteiger partial charge in [0.05, 0.1) is 0 Å². The van der Waals surface area contributed by atoms with E-state index in [2.05, 4.69) is 33.9 Å². The molecule has 0 aromatic rings. The van der Waals surface area contributed by atoms with Crippen LogP contribution in [-0.2, 0) is 14.6 Å². The number of rotatable bonds is 5. The zero-order chi connectivity index (χ0) is 13.2. The molecule has 0 rings (SSSR count). The van der Waals surface area contributed by atoms with Gasteiger partial charge in [0, 0.05) is 20.2 Å². The molecule has 0 aromatic heterocycles. The minimum atomic E-state index is -3.59. The van der Waals surface area contributed by atoms with E-state index >= 15 is 0 Å². The van der Waals surface area contributed by atoms with Crippen molar-refractivity contribution in [2.75, 3.05) is 20.2 Å². The zero-order valence-corrected chi connectivity index (χ0v) is 12.9. The topological polar surface area (TPSA) is 72.6 Å². The van der Waals surface area contributed by atoms with Crippen molar-refractivity contribution >= 4 is 18.5 Å². The molecule has 2 N–H and O–H groups in total. The molecule has 0 fully saturated rings. The van der Waals surface area contributed by atoms with Crippen molar-refractivity contribution in [3.63, 3.8) is 0 Å². The predicted octanol–water partition coefficient (Wildman–Crippen LogP) is 1.14. The van der Waals surface area contributed by atoms with Crippen molar-refractivity contribution in [3.8, 4) is 0 Å². The van der Waals surface area contributed by atoms with Gasteiger partial charge in [-0.2, -0.15) is 12.7 Å². The third kappa shape index (κ3) is 4.92. The minimum absolute atomic E-state index is 0.132. The molecule has 0 aliphatic heterocycles. The van der Waals surface area contributed by atoms with Crippen LogP contribution in [0.2, 0.25) is 18.1 Å². The highest BCUT2D eigenvalue weighted by molar-refractivity contribution is 7.86. The molecule has 0 bridgehead atoms. The van der Waals surface area contributed by atoms with Crippen LogP contribution in [0, 0.1) is 0 Å². The standard InChI is InChI=1S/C9H24N2O3SSi/c1-9(2,3)16(5,6)14-8-7-11(4)15(10,12)13/h7-8H2,1-6H3,(H2,10,12,13). The number of hydrogen-bond donors (Lipinski definition) is 1. The van der Waals surface area contributed by atoms with Crippen LogP contribution in [0.4, 0.5) is 0 Å². The molecule has 0 spiro atoms. The lowest BCUT2D eigenvalue weighted by Gasteiger charge is -2.36. The molecular weight excluding hydrogens is 244 g/mol. The number of nitrogens with two attached hydrogens (primary N) is 1. The highest BCUT2D eigenvalue weighted by Crippen LogP contribution is 2.36. The Morgan fingerprint density at radius 1 is 1.31 bits per heavy atom. The highest BCUT2D eigenvalue weighted by atomic mass is 32.2. The third-order valence-corrected chi connectivity index (χ3v) is 8.70. The van der Waals surface area contributed by atoms with Gasteiger partial charge < -0.3 is 4.43 Å². The van der Waals surface area contributed by atoms with E-state index in [9.17, 15) is 8.42 Å². The molecule has 5 nitrogen and oxygen atoms in total. The molecule has 0 radical (unpaired) electrons. The van der Waals surface area contributed by atoms with E-state index in [0.29, 0.717) is 13.2 Å². The summed E-state index contributed by atoms with van der Waals surface area (Å²) in [4.78, 5) is 0. The van der Waals surface area contributed by atoms with Crippen LogP contribution in [0.1, 0.15) is 20.8 Å². The minimum Gasteiger partial charge on any atom is -0.415 e.